The SMILES string of the molecule is CN1CC2(CCN(C(=O)c3cnc(NCc4cnccn4)nc3)C2)C1. The van der Waals surface area contributed by atoms with Gasteiger partial charge in [0.25, 0.3) is 5.91 Å². The Morgan fingerprint density at radius 3 is 2.64 bits per heavy atom. The molecule has 4 heterocycles. The number of nitrogens with zero attached hydrogens (tertiary/aromatic N) is 6. The minimum absolute atomic E-state index is 0.0203. The molecule has 4 rings (SSSR count). The van der Waals surface area contributed by atoms with Gasteiger partial charge in [0, 0.05) is 56.4 Å². The van der Waals surface area contributed by atoms with Gasteiger partial charge >= 0.3 is 0 Å². The highest BCUT2D eigenvalue weighted by molar-refractivity contribution is 5.94. The molecule has 0 aliphatic carbocycles. The number of anilines is 1. The van der Waals surface area contributed by atoms with E-state index >= 15 is 0 Å². The summed E-state index contributed by atoms with van der Waals surface area (Å²) in [5.74, 6) is 0.493. The maximum atomic E-state index is 12.6. The summed E-state index contributed by atoms with van der Waals surface area (Å²) in [6, 6.07) is 0. The number of carbonyl (C=O) groups is 1. The van der Waals surface area contributed by atoms with E-state index in [9.17, 15) is 4.79 Å². The fourth-order valence-corrected chi connectivity index (χ4v) is 3.77. The van der Waals surface area contributed by atoms with Crippen LogP contribution in [0.5, 0.6) is 0 Å². The Bertz CT molecular complexity index is 743. The van der Waals surface area contributed by atoms with Crippen molar-refractivity contribution in [2.24, 2.45) is 5.41 Å². The maximum absolute atomic E-state index is 12.6. The van der Waals surface area contributed by atoms with Gasteiger partial charge in [0.05, 0.1) is 24.0 Å². The van der Waals surface area contributed by atoms with E-state index in [1.165, 1.54) is 0 Å². The van der Waals surface area contributed by atoms with Crippen molar-refractivity contribution in [2.75, 3.05) is 38.5 Å². The van der Waals surface area contributed by atoms with Gasteiger partial charge in [-0.3, -0.25) is 14.8 Å². The molecule has 0 saturated carbocycles. The maximum Gasteiger partial charge on any atom is 0.257 e. The molecule has 130 valence electrons. The van der Waals surface area contributed by atoms with E-state index in [-0.39, 0.29) is 5.91 Å². The molecule has 2 aromatic rings. The Morgan fingerprint density at radius 2 is 1.96 bits per heavy atom. The van der Waals surface area contributed by atoms with Crippen molar-refractivity contribution in [1.82, 2.24) is 29.7 Å². The van der Waals surface area contributed by atoms with E-state index in [1.807, 2.05) is 4.90 Å². The Balaban J connectivity index is 1.35. The molecule has 2 saturated heterocycles. The van der Waals surface area contributed by atoms with Crippen molar-refractivity contribution in [2.45, 2.75) is 13.0 Å². The van der Waals surface area contributed by atoms with Crippen molar-refractivity contribution in [3.8, 4) is 0 Å². The lowest BCUT2D eigenvalue weighted by Gasteiger charge is -2.46. The second-order valence-corrected chi connectivity index (χ2v) is 6.99. The molecule has 2 fully saturated rings. The van der Waals surface area contributed by atoms with E-state index in [1.54, 1.807) is 31.0 Å². The van der Waals surface area contributed by atoms with Gasteiger partial charge in [0.15, 0.2) is 0 Å². The fourth-order valence-electron chi connectivity index (χ4n) is 3.77. The molecular weight excluding hydrogens is 318 g/mol. The molecule has 0 radical (unpaired) electrons. The first kappa shape index (κ1) is 15.9. The number of nitrogens with one attached hydrogen (secondary N) is 1. The summed E-state index contributed by atoms with van der Waals surface area (Å²) in [6.07, 6.45) is 9.22. The van der Waals surface area contributed by atoms with E-state index in [4.69, 9.17) is 0 Å². The number of hydrogen-bond acceptors (Lipinski definition) is 7. The quantitative estimate of drug-likeness (QED) is 0.875. The van der Waals surface area contributed by atoms with Gasteiger partial charge in [0.2, 0.25) is 5.95 Å². The summed E-state index contributed by atoms with van der Waals surface area (Å²) in [6.45, 7) is 4.31. The van der Waals surface area contributed by atoms with Crippen LogP contribution in [0.1, 0.15) is 22.5 Å². The van der Waals surface area contributed by atoms with E-state index in [2.05, 4.69) is 37.2 Å². The van der Waals surface area contributed by atoms with Gasteiger partial charge in [-0.25, -0.2) is 9.97 Å². The average Bonchev–Trinajstić information content (AvgIpc) is 3.06. The molecular formula is C17H21N7O. The molecule has 0 aromatic carbocycles. The summed E-state index contributed by atoms with van der Waals surface area (Å²) >= 11 is 0. The van der Waals surface area contributed by atoms with E-state index in [0.29, 0.717) is 23.5 Å². The topological polar surface area (TPSA) is 87.1 Å². The van der Waals surface area contributed by atoms with Crippen molar-refractivity contribution >= 4 is 11.9 Å². The molecule has 8 heteroatoms. The average molecular weight is 339 g/mol. The predicted molar refractivity (Wildman–Crippen MR) is 91.8 cm³/mol. The highest BCUT2D eigenvalue weighted by Gasteiger charge is 2.47. The third-order valence-corrected chi connectivity index (χ3v) is 4.88. The Morgan fingerprint density at radius 1 is 1.16 bits per heavy atom. The van der Waals surface area contributed by atoms with Crippen LogP contribution in [0.15, 0.2) is 31.0 Å². The Labute approximate surface area is 146 Å². The van der Waals surface area contributed by atoms with Gasteiger partial charge < -0.3 is 15.1 Å². The van der Waals surface area contributed by atoms with Crippen LogP contribution in [-0.2, 0) is 6.54 Å². The van der Waals surface area contributed by atoms with Crippen LogP contribution in [0.3, 0.4) is 0 Å². The normalized spacial score (nSPS) is 19.0. The van der Waals surface area contributed by atoms with Crippen LogP contribution >= 0.6 is 0 Å². The van der Waals surface area contributed by atoms with Crippen LogP contribution in [0, 0.1) is 5.41 Å². The summed E-state index contributed by atoms with van der Waals surface area (Å²) in [7, 11) is 2.12. The molecule has 0 unspecified atom stereocenters. The molecule has 2 aromatic heterocycles. The van der Waals surface area contributed by atoms with Crippen molar-refractivity contribution in [1.29, 1.82) is 0 Å². The number of hydrogen-bond donors (Lipinski definition) is 1. The largest absolute Gasteiger partial charge is 0.349 e. The van der Waals surface area contributed by atoms with Gasteiger partial charge in [-0.2, -0.15) is 0 Å². The van der Waals surface area contributed by atoms with Crippen LogP contribution in [0.2, 0.25) is 0 Å². The minimum Gasteiger partial charge on any atom is -0.349 e. The zero-order chi connectivity index (χ0) is 17.3. The lowest BCUT2D eigenvalue weighted by Crippen LogP contribution is -2.55. The number of rotatable bonds is 4. The molecule has 1 spiro atoms. The lowest BCUT2D eigenvalue weighted by atomic mass is 9.79. The molecule has 25 heavy (non-hydrogen) atoms. The first-order valence-corrected chi connectivity index (χ1v) is 8.42. The number of likely N-dealkylation sites (tertiary alicyclic amines) is 2. The fraction of sp³-hybridized carbons (Fsp3) is 0.471. The molecule has 2 aliphatic rings. The van der Waals surface area contributed by atoms with Crippen LogP contribution in [0.25, 0.3) is 0 Å². The summed E-state index contributed by atoms with van der Waals surface area (Å²) in [4.78, 5) is 33.5. The third-order valence-electron chi connectivity index (χ3n) is 4.88. The third kappa shape index (κ3) is 3.30. The first-order valence-electron chi connectivity index (χ1n) is 8.42. The van der Waals surface area contributed by atoms with Crippen LogP contribution < -0.4 is 5.32 Å². The monoisotopic (exact) mass is 339 g/mol. The van der Waals surface area contributed by atoms with Gasteiger partial charge in [-0.1, -0.05) is 0 Å². The second-order valence-electron chi connectivity index (χ2n) is 6.99. The Kier molecular flexibility index (Phi) is 4.04. The van der Waals surface area contributed by atoms with Crippen LogP contribution in [-0.4, -0.2) is 68.9 Å². The molecule has 0 bridgehead atoms. The van der Waals surface area contributed by atoms with Gasteiger partial charge in [0.1, 0.15) is 0 Å². The minimum atomic E-state index is 0.0203. The zero-order valence-electron chi connectivity index (χ0n) is 14.2. The zero-order valence-corrected chi connectivity index (χ0v) is 14.2. The van der Waals surface area contributed by atoms with Crippen molar-refractivity contribution < 1.29 is 4.79 Å². The smallest absolute Gasteiger partial charge is 0.257 e. The van der Waals surface area contributed by atoms with E-state index < -0.39 is 0 Å². The molecule has 1 N–H and O–H groups in total. The second kappa shape index (κ2) is 6.36. The Hall–Kier alpha value is -2.61. The van der Waals surface area contributed by atoms with Gasteiger partial charge in [-0.05, 0) is 13.5 Å². The number of aromatic nitrogens is 4. The molecule has 1 amide bonds. The lowest BCUT2D eigenvalue weighted by molar-refractivity contribution is 0.0293. The predicted octanol–water partition coefficient (Wildman–Crippen LogP) is 0.656. The molecule has 0 atom stereocenters. The van der Waals surface area contributed by atoms with Gasteiger partial charge in [-0.15, -0.1) is 0 Å². The number of amides is 1. The summed E-state index contributed by atoms with van der Waals surface area (Å²) < 4.78 is 0. The van der Waals surface area contributed by atoms with Crippen molar-refractivity contribution in [3.63, 3.8) is 0 Å². The first-order chi connectivity index (χ1) is 12.1. The molecule has 2 aliphatic heterocycles. The van der Waals surface area contributed by atoms with Crippen molar-refractivity contribution in [3.05, 3.63) is 42.2 Å². The summed E-state index contributed by atoms with van der Waals surface area (Å²) in [5, 5.41) is 3.08. The van der Waals surface area contributed by atoms with E-state index in [0.717, 1.165) is 38.3 Å². The highest BCUT2D eigenvalue weighted by atomic mass is 16.2. The number of carbonyl (C=O) groups excluding carboxylic acids is 1. The standard InChI is InChI=1S/C17H21N7O/c1-23-10-17(11-23)2-5-24(12-17)15(25)13-6-20-16(21-7-13)22-9-14-8-18-3-4-19-14/h3-4,6-8H,2,5,9-12H2,1H3,(H,20,21,22). The highest BCUT2D eigenvalue weighted by Crippen LogP contribution is 2.38. The molecule has 8 nitrogen and oxygen atoms in total. The van der Waals surface area contributed by atoms with Crippen LogP contribution in [0.4, 0.5) is 5.95 Å². The summed E-state index contributed by atoms with van der Waals surface area (Å²) in [5.41, 5.74) is 1.65.